The number of para-hydroxylation sites is 1. The van der Waals surface area contributed by atoms with Crippen LogP contribution in [0.1, 0.15) is 26.3 Å². The number of benzene rings is 2. The second kappa shape index (κ2) is 8.09. The number of ether oxygens (including phenoxy) is 1. The van der Waals surface area contributed by atoms with Gasteiger partial charge in [-0.25, -0.2) is 9.00 Å². The third-order valence-corrected chi connectivity index (χ3v) is 4.31. The standard InChI is InChI=1S/C18H21N3O4S/c1-12-7-5-6-8-14(12)25-15-10-9-13(20-23)11-16(15)26(24)21-17(22)19-18(2,3)4/h5-11H,1-4H3,(H2,19,21,22). The van der Waals surface area contributed by atoms with Crippen LogP contribution < -0.4 is 14.8 Å². The summed E-state index contributed by atoms with van der Waals surface area (Å²) in [5.41, 5.74) is 0.491. The average Bonchev–Trinajstić information content (AvgIpc) is 2.55. The van der Waals surface area contributed by atoms with Crippen molar-refractivity contribution in [3.63, 3.8) is 0 Å². The first kappa shape index (κ1) is 19.6. The lowest BCUT2D eigenvalue weighted by Crippen LogP contribution is -2.46. The average molecular weight is 375 g/mol. The van der Waals surface area contributed by atoms with E-state index in [0.717, 1.165) is 5.56 Å². The Morgan fingerprint density at radius 1 is 1.12 bits per heavy atom. The van der Waals surface area contributed by atoms with E-state index in [2.05, 4.69) is 15.2 Å². The van der Waals surface area contributed by atoms with Gasteiger partial charge in [-0.2, -0.15) is 0 Å². The summed E-state index contributed by atoms with van der Waals surface area (Å²) < 4.78 is 20.8. The number of hydrogen-bond acceptors (Lipinski definition) is 5. The molecule has 138 valence electrons. The van der Waals surface area contributed by atoms with Gasteiger partial charge in [0.2, 0.25) is 0 Å². The zero-order valence-electron chi connectivity index (χ0n) is 15.0. The van der Waals surface area contributed by atoms with Gasteiger partial charge >= 0.3 is 6.03 Å². The third-order valence-electron chi connectivity index (χ3n) is 3.22. The zero-order chi connectivity index (χ0) is 19.3. The molecular weight excluding hydrogens is 354 g/mol. The van der Waals surface area contributed by atoms with Crippen molar-refractivity contribution in [1.82, 2.24) is 10.0 Å². The predicted molar refractivity (Wildman–Crippen MR) is 101 cm³/mol. The van der Waals surface area contributed by atoms with Crippen LogP contribution in [0.25, 0.3) is 0 Å². The van der Waals surface area contributed by atoms with Gasteiger partial charge in [-0.3, -0.25) is 4.72 Å². The number of rotatable bonds is 5. The van der Waals surface area contributed by atoms with Crippen LogP contribution in [0.2, 0.25) is 0 Å². The molecule has 0 radical (unpaired) electrons. The van der Waals surface area contributed by atoms with Gasteiger partial charge in [-0.05, 0) is 62.7 Å². The molecule has 0 aliphatic rings. The van der Waals surface area contributed by atoms with E-state index in [1.54, 1.807) is 26.8 Å². The minimum atomic E-state index is -1.94. The van der Waals surface area contributed by atoms with Gasteiger partial charge in [0.1, 0.15) is 22.1 Å². The lowest BCUT2D eigenvalue weighted by atomic mass is 10.1. The van der Waals surface area contributed by atoms with E-state index in [-0.39, 0.29) is 16.3 Å². The molecule has 2 N–H and O–H groups in total. The molecule has 1 atom stereocenters. The molecule has 26 heavy (non-hydrogen) atoms. The van der Waals surface area contributed by atoms with Crippen molar-refractivity contribution in [3.8, 4) is 11.5 Å². The number of nitrogens with one attached hydrogen (secondary N) is 2. The van der Waals surface area contributed by atoms with Crippen LogP contribution in [0.5, 0.6) is 11.5 Å². The minimum Gasteiger partial charge on any atom is -0.456 e. The second-order valence-corrected chi connectivity index (χ2v) is 7.85. The molecule has 1 unspecified atom stereocenters. The summed E-state index contributed by atoms with van der Waals surface area (Å²) in [5, 5.41) is 5.51. The Bertz CT molecular complexity index is 847. The minimum absolute atomic E-state index is 0.0866. The van der Waals surface area contributed by atoms with Gasteiger partial charge in [0, 0.05) is 5.54 Å². The Hall–Kier alpha value is -2.74. The number of nitrogens with zero attached hydrogens (tertiary/aromatic N) is 1. The van der Waals surface area contributed by atoms with Crippen LogP contribution in [0.4, 0.5) is 10.5 Å². The molecule has 7 nitrogen and oxygen atoms in total. The van der Waals surface area contributed by atoms with Crippen LogP contribution in [0.15, 0.2) is 52.5 Å². The van der Waals surface area contributed by atoms with Gasteiger partial charge in [0.15, 0.2) is 11.0 Å². The Kier molecular flexibility index (Phi) is 6.10. The molecule has 2 amide bonds. The lowest BCUT2D eigenvalue weighted by molar-refractivity contribution is 0.237. The maximum absolute atomic E-state index is 12.6. The van der Waals surface area contributed by atoms with Crippen molar-refractivity contribution in [1.29, 1.82) is 0 Å². The number of carbonyl (C=O) groups is 1. The number of nitroso groups, excluding NO2 is 1. The molecular formula is C18H21N3O4S. The summed E-state index contributed by atoms with van der Waals surface area (Å²) in [6.07, 6.45) is 0. The van der Waals surface area contributed by atoms with E-state index in [9.17, 15) is 13.9 Å². The Morgan fingerprint density at radius 2 is 1.81 bits per heavy atom. The molecule has 0 aliphatic carbocycles. The van der Waals surface area contributed by atoms with Gasteiger partial charge in [-0.1, -0.05) is 18.2 Å². The van der Waals surface area contributed by atoms with Crippen molar-refractivity contribution in [3.05, 3.63) is 52.9 Å². The molecule has 0 fully saturated rings. The van der Waals surface area contributed by atoms with Crippen LogP contribution in [-0.4, -0.2) is 15.8 Å². The van der Waals surface area contributed by atoms with Crippen molar-refractivity contribution >= 4 is 22.7 Å². The van der Waals surface area contributed by atoms with Crippen LogP contribution in [0.3, 0.4) is 0 Å². The fraction of sp³-hybridized carbons (Fsp3) is 0.278. The first-order valence-corrected chi connectivity index (χ1v) is 9.06. The molecule has 0 saturated heterocycles. The molecule has 0 heterocycles. The summed E-state index contributed by atoms with van der Waals surface area (Å²) in [5.74, 6) is 0.845. The van der Waals surface area contributed by atoms with E-state index < -0.39 is 22.6 Å². The summed E-state index contributed by atoms with van der Waals surface area (Å²) in [4.78, 5) is 23.0. The third kappa shape index (κ3) is 5.38. The van der Waals surface area contributed by atoms with Crippen molar-refractivity contribution in [2.24, 2.45) is 5.18 Å². The zero-order valence-corrected chi connectivity index (χ0v) is 15.8. The summed E-state index contributed by atoms with van der Waals surface area (Å²) in [6.45, 7) is 7.29. The maximum Gasteiger partial charge on any atom is 0.327 e. The Labute approximate surface area is 154 Å². The number of amides is 2. The fourth-order valence-electron chi connectivity index (χ4n) is 2.08. The van der Waals surface area contributed by atoms with Crippen molar-refractivity contribution < 1.29 is 13.7 Å². The molecule has 2 aromatic carbocycles. The smallest absolute Gasteiger partial charge is 0.327 e. The quantitative estimate of drug-likeness (QED) is 0.761. The Balaban J connectivity index is 2.30. The highest BCUT2D eigenvalue weighted by Gasteiger charge is 2.19. The van der Waals surface area contributed by atoms with E-state index in [1.165, 1.54) is 18.2 Å². The number of hydrogen-bond donors (Lipinski definition) is 2. The monoisotopic (exact) mass is 375 g/mol. The summed E-state index contributed by atoms with van der Waals surface area (Å²) in [6, 6.07) is 11.0. The van der Waals surface area contributed by atoms with E-state index in [1.807, 2.05) is 25.1 Å². The van der Waals surface area contributed by atoms with Crippen LogP contribution in [-0.2, 0) is 11.0 Å². The van der Waals surface area contributed by atoms with Crippen molar-refractivity contribution in [2.75, 3.05) is 0 Å². The lowest BCUT2D eigenvalue weighted by Gasteiger charge is -2.20. The van der Waals surface area contributed by atoms with Gasteiger partial charge < -0.3 is 10.1 Å². The van der Waals surface area contributed by atoms with Crippen molar-refractivity contribution in [2.45, 2.75) is 38.1 Å². The summed E-state index contributed by atoms with van der Waals surface area (Å²) in [7, 11) is -1.94. The largest absolute Gasteiger partial charge is 0.456 e. The number of aryl methyl sites for hydroxylation is 1. The van der Waals surface area contributed by atoms with E-state index >= 15 is 0 Å². The fourth-order valence-corrected chi connectivity index (χ4v) is 2.93. The predicted octanol–water partition coefficient (Wildman–Crippen LogP) is 4.31. The highest BCUT2D eigenvalue weighted by atomic mass is 32.2. The SMILES string of the molecule is Cc1ccccc1Oc1ccc(N=O)cc1S(=O)NC(=O)NC(C)(C)C. The normalized spacial score (nSPS) is 12.2. The van der Waals surface area contributed by atoms with E-state index in [4.69, 9.17) is 4.74 Å². The summed E-state index contributed by atoms with van der Waals surface area (Å²) >= 11 is 0. The second-order valence-electron chi connectivity index (χ2n) is 6.66. The van der Waals surface area contributed by atoms with E-state index in [0.29, 0.717) is 5.75 Å². The first-order valence-electron chi connectivity index (χ1n) is 7.91. The molecule has 0 saturated carbocycles. The molecule has 0 spiro atoms. The van der Waals surface area contributed by atoms with Crippen LogP contribution >= 0.6 is 0 Å². The molecule has 0 aliphatic heterocycles. The maximum atomic E-state index is 12.6. The number of carbonyl (C=O) groups excluding carboxylic acids is 1. The van der Waals surface area contributed by atoms with Gasteiger partial charge in [0.25, 0.3) is 0 Å². The molecule has 8 heteroatoms. The molecule has 0 bridgehead atoms. The van der Waals surface area contributed by atoms with Gasteiger partial charge in [0.05, 0.1) is 0 Å². The molecule has 2 aromatic rings. The topological polar surface area (TPSA) is 96.9 Å². The highest BCUT2D eigenvalue weighted by molar-refractivity contribution is 7.83. The van der Waals surface area contributed by atoms with Crippen LogP contribution in [0, 0.1) is 11.8 Å². The number of urea groups is 1. The molecule has 2 rings (SSSR count). The van der Waals surface area contributed by atoms with Gasteiger partial charge in [-0.15, -0.1) is 4.91 Å². The molecule has 0 aromatic heterocycles. The first-order chi connectivity index (χ1) is 12.2. The Morgan fingerprint density at radius 3 is 2.42 bits per heavy atom. The highest BCUT2D eigenvalue weighted by Crippen LogP contribution is 2.32.